The van der Waals surface area contributed by atoms with Gasteiger partial charge in [-0.15, -0.1) is 0 Å². The van der Waals surface area contributed by atoms with E-state index in [4.69, 9.17) is 15.0 Å². The van der Waals surface area contributed by atoms with Crippen molar-refractivity contribution in [3.8, 4) is 5.75 Å². The van der Waals surface area contributed by atoms with Crippen LogP contribution >= 0.6 is 0 Å². The Labute approximate surface area is 110 Å². The van der Waals surface area contributed by atoms with Gasteiger partial charge in [0.25, 0.3) is 0 Å². The third kappa shape index (κ3) is 4.03. The van der Waals surface area contributed by atoms with E-state index in [-0.39, 0.29) is 18.5 Å². The number of aryl methyl sites for hydroxylation is 1. The lowest BCUT2D eigenvalue weighted by Crippen LogP contribution is -2.17. The Bertz CT molecular complexity index is 555. The summed E-state index contributed by atoms with van der Waals surface area (Å²) in [6.45, 7) is 3.70. The summed E-state index contributed by atoms with van der Waals surface area (Å²) in [7, 11) is 0. The average molecular weight is 265 g/mol. The number of rotatable bonds is 5. The van der Waals surface area contributed by atoms with Crippen molar-refractivity contribution >= 4 is 0 Å². The van der Waals surface area contributed by atoms with Gasteiger partial charge in [-0.2, -0.15) is 4.98 Å². The smallest absolute Gasteiger partial charge is 0.223 e. The third-order valence-corrected chi connectivity index (χ3v) is 2.43. The number of hydrogen-bond donors (Lipinski definition) is 1. The highest BCUT2D eigenvalue weighted by Crippen LogP contribution is 2.18. The standard InChI is InChI=1S/C13H16FN3O2/c1-8(15)3-10-4-11(14)6-12(5-10)18-7-13-16-9(2)19-17-13/h4-6,8H,3,7,15H2,1-2H3. The van der Waals surface area contributed by atoms with Crippen LogP contribution in [0.2, 0.25) is 0 Å². The Morgan fingerprint density at radius 3 is 2.84 bits per heavy atom. The van der Waals surface area contributed by atoms with Gasteiger partial charge in [-0.25, -0.2) is 4.39 Å². The highest BCUT2D eigenvalue weighted by molar-refractivity contribution is 5.30. The van der Waals surface area contributed by atoms with Gasteiger partial charge in [0.1, 0.15) is 11.6 Å². The Balaban J connectivity index is 2.05. The quantitative estimate of drug-likeness (QED) is 0.894. The Morgan fingerprint density at radius 2 is 2.21 bits per heavy atom. The Morgan fingerprint density at radius 1 is 1.42 bits per heavy atom. The molecule has 102 valence electrons. The first kappa shape index (κ1) is 13.5. The molecule has 0 aliphatic carbocycles. The largest absolute Gasteiger partial charge is 0.485 e. The fourth-order valence-corrected chi connectivity index (χ4v) is 1.74. The molecule has 1 heterocycles. The van der Waals surface area contributed by atoms with Gasteiger partial charge in [0.2, 0.25) is 11.7 Å². The molecule has 0 fully saturated rings. The average Bonchev–Trinajstić information content (AvgIpc) is 2.71. The van der Waals surface area contributed by atoms with Gasteiger partial charge < -0.3 is 15.0 Å². The highest BCUT2D eigenvalue weighted by atomic mass is 19.1. The predicted molar refractivity (Wildman–Crippen MR) is 67.1 cm³/mol. The molecule has 6 heteroatoms. The van der Waals surface area contributed by atoms with Crippen molar-refractivity contribution in [3.63, 3.8) is 0 Å². The number of hydrogen-bond acceptors (Lipinski definition) is 5. The van der Waals surface area contributed by atoms with Crippen LogP contribution in [-0.2, 0) is 13.0 Å². The van der Waals surface area contributed by atoms with Gasteiger partial charge >= 0.3 is 0 Å². The number of nitrogens with two attached hydrogens (primary N) is 1. The van der Waals surface area contributed by atoms with Crippen LogP contribution in [0.4, 0.5) is 4.39 Å². The van der Waals surface area contributed by atoms with Gasteiger partial charge in [0.05, 0.1) is 0 Å². The molecule has 0 bridgehead atoms. The molecule has 1 aromatic heterocycles. The van der Waals surface area contributed by atoms with Crippen LogP contribution in [0.15, 0.2) is 22.7 Å². The van der Waals surface area contributed by atoms with Crippen LogP contribution < -0.4 is 10.5 Å². The zero-order valence-corrected chi connectivity index (χ0v) is 10.9. The number of aromatic nitrogens is 2. The summed E-state index contributed by atoms with van der Waals surface area (Å²) in [6, 6.07) is 4.50. The maximum Gasteiger partial charge on any atom is 0.223 e. The summed E-state index contributed by atoms with van der Waals surface area (Å²) < 4.78 is 23.7. The number of ether oxygens (including phenoxy) is 1. The monoisotopic (exact) mass is 265 g/mol. The first-order chi connectivity index (χ1) is 9.02. The first-order valence-corrected chi connectivity index (χ1v) is 6.00. The number of halogens is 1. The summed E-state index contributed by atoms with van der Waals surface area (Å²) in [5.41, 5.74) is 6.50. The SMILES string of the molecule is Cc1nc(COc2cc(F)cc(CC(C)N)c2)no1. The Kier molecular flexibility index (Phi) is 4.11. The van der Waals surface area contributed by atoms with Crippen LogP contribution in [0, 0.1) is 12.7 Å². The minimum absolute atomic E-state index is 0.0329. The molecule has 0 aliphatic rings. The molecule has 1 aromatic carbocycles. The molecular formula is C13H16FN3O2. The van der Waals surface area contributed by atoms with E-state index in [1.54, 1.807) is 13.0 Å². The van der Waals surface area contributed by atoms with Crippen LogP contribution in [0.1, 0.15) is 24.2 Å². The fraction of sp³-hybridized carbons (Fsp3) is 0.385. The maximum atomic E-state index is 13.4. The molecule has 1 atom stereocenters. The summed E-state index contributed by atoms with van der Waals surface area (Å²) >= 11 is 0. The molecule has 2 aromatic rings. The zero-order chi connectivity index (χ0) is 13.8. The molecular weight excluding hydrogens is 249 g/mol. The number of nitrogens with zero attached hydrogens (tertiary/aromatic N) is 2. The van der Waals surface area contributed by atoms with Crippen molar-refractivity contribution < 1.29 is 13.7 Å². The lowest BCUT2D eigenvalue weighted by atomic mass is 10.1. The van der Waals surface area contributed by atoms with Gasteiger partial charge in [-0.3, -0.25) is 0 Å². The lowest BCUT2D eigenvalue weighted by molar-refractivity contribution is 0.284. The van der Waals surface area contributed by atoms with Crippen molar-refractivity contribution in [2.45, 2.75) is 32.9 Å². The minimum Gasteiger partial charge on any atom is -0.485 e. The molecule has 0 spiro atoms. The Hall–Kier alpha value is -1.95. The van der Waals surface area contributed by atoms with Gasteiger partial charge in [0.15, 0.2) is 6.61 Å². The molecule has 19 heavy (non-hydrogen) atoms. The van der Waals surface area contributed by atoms with Gasteiger partial charge in [-0.1, -0.05) is 5.16 Å². The molecule has 0 saturated heterocycles. The van der Waals surface area contributed by atoms with Crippen LogP contribution in [0.3, 0.4) is 0 Å². The minimum atomic E-state index is -0.350. The van der Waals surface area contributed by atoms with Crippen molar-refractivity contribution in [3.05, 3.63) is 41.3 Å². The molecule has 0 radical (unpaired) electrons. The second kappa shape index (κ2) is 5.79. The van der Waals surface area contributed by atoms with E-state index in [0.29, 0.717) is 23.9 Å². The molecule has 0 aliphatic heterocycles. The second-order valence-electron chi connectivity index (χ2n) is 4.49. The zero-order valence-electron chi connectivity index (χ0n) is 10.9. The normalized spacial score (nSPS) is 12.4. The van der Waals surface area contributed by atoms with E-state index in [1.807, 2.05) is 6.92 Å². The van der Waals surface area contributed by atoms with E-state index in [9.17, 15) is 4.39 Å². The number of benzene rings is 1. The van der Waals surface area contributed by atoms with E-state index in [1.165, 1.54) is 12.1 Å². The van der Waals surface area contributed by atoms with Gasteiger partial charge in [0, 0.05) is 19.0 Å². The van der Waals surface area contributed by atoms with Crippen LogP contribution in [-0.4, -0.2) is 16.2 Å². The summed E-state index contributed by atoms with van der Waals surface area (Å²) in [5, 5.41) is 3.70. The van der Waals surface area contributed by atoms with E-state index >= 15 is 0 Å². The van der Waals surface area contributed by atoms with E-state index in [2.05, 4.69) is 10.1 Å². The molecule has 2 rings (SSSR count). The molecule has 2 N–H and O–H groups in total. The second-order valence-corrected chi connectivity index (χ2v) is 4.49. The van der Waals surface area contributed by atoms with Crippen molar-refractivity contribution in [2.75, 3.05) is 0 Å². The van der Waals surface area contributed by atoms with E-state index < -0.39 is 0 Å². The van der Waals surface area contributed by atoms with Crippen LogP contribution in [0.25, 0.3) is 0 Å². The third-order valence-electron chi connectivity index (χ3n) is 2.43. The maximum absolute atomic E-state index is 13.4. The van der Waals surface area contributed by atoms with Crippen molar-refractivity contribution in [1.29, 1.82) is 0 Å². The molecule has 0 saturated carbocycles. The summed E-state index contributed by atoms with van der Waals surface area (Å²) in [6.07, 6.45) is 0.593. The van der Waals surface area contributed by atoms with Crippen molar-refractivity contribution in [1.82, 2.24) is 10.1 Å². The highest BCUT2D eigenvalue weighted by Gasteiger charge is 2.07. The summed E-state index contributed by atoms with van der Waals surface area (Å²) in [4.78, 5) is 4.00. The fourth-order valence-electron chi connectivity index (χ4n) is 1.74. The van der Waals surface area contributed by atoms with Gasteiger partial charge in [-0.05, 0) is 31.0 Å². The van der Waals surface area contributed by atoms with Crippen molar-refractivity contribution in [2.24, 2.45) is 5.73 Å². The summed E-state index contributed by atoms with van der Waals surface area (Å²) in [5.74, 6) is 0.974. The topological polar surface area (TPSA) is 74.2 Å². The lowest BCUT2D eigenvalue weighted by Gasteiger charge is -2.09. The van der Waals surface area contributed by atoms with E-state index in [0.717, 1.165) is 5.56 Å². The molecule has 5 nitrogen and oxygen atoms in total. The van der Waals surface area contributed by atoms with Crippen LogP contribution in [0.5, 0.6) is 5.75 Å². The molecule has 1 unspecified atom stereocenters. The first-order valence-electron chi connectivity index (χ1n) is 6.00. The molecule has 0 amide bonds. The predicted octanol–water partition coefficient (Wildman–Crippen LogP) is 1.99.